The van der Waals surface area contributed by atoms with E-state index in [1.807, 2.05) is 18.4 Å². The second kappa shape index (κ2) is 6.36. The van der Waals surface area contributed by atoms with Crippen molar-refractivity contribution < 1.29 is 8.42 Å². The van der Waals surface area contributed by atoms with Crippen LogP contribution in [0, 0.1) is 5.92 Å². The van der Waals surface area contributed by atoms with E-state index >= 15 is 0 Å². The zero-order valence-corrected chi connectivity index (χ0v) is 14.2. The second-order valence-electron chi connectivity index (χ2n) is 6.18. The predicted molar refractivity (Wildman–Crippen MR) is 86.0 cm³/mol. The van der Waals surface area contributed by atoms with Crippen LogP contribution < -0.4 is 5.32 Å². The minimum atomic E-state index is -3.30. The average Bonchev–Trinajstić information content (AvgIpc) is 3.11. The Labute approximate surface area is 131 Å². The Morgan fingerprint density at radius 1 is 1.33 bits per heavy atom. The van der Waals surface area contributed by atoms with Crippen molar-refractivity contribution in [2.75, 3.05) is 13.1 Å². The lowest BCUT2D eigenvalue weighted by Gasteiger charge is -2.30. The summed E-state index contributed by atoms with van der Waals surface area (Å²) in [6, 6.07) is 2.49. The molecule has 21 heavy (non-hydrogen) atoms. The van der Waals surface area contributed by atoms with Gasteiger partial charge in [-0.1, -0.05) is 13.3 Å². The molecule has 2 fully saturated rings. The van der Waals surface area contributed by atoms with Crippen LogP contribution in [0.5, 0.6) is 0 Å². The van der Waals surface area contributed by atoms with Gasteiger partial charge in [-0.3, -0.25) is 0 Å². The zero-order valence-electron chi connectivity index (χ0n) is 12.5. The molecule has 1 aromatic heterocycles. The van der Waals surface area contributed by atoms with Gasteiger partial charge in [0.1, 0.15) is 4.21 Å². The summed E-state index contributed by atoms with van der Waals surface area (Å²) in [6.45, 7) is 3.96. The molecule has 0 saturated heterocycles. The third kappa shape index (κ3) is 3.67. The van der Waals surface area contributed by atoms with Gasteiger partial charge in [0.15, 0.2) is 0 Å². The molecule has 118 valence electrons. The van der Waals surface area contributed by atoms with Crippen LogP contribution in [0.25, 0.3) is 0 Å². The van der Waals surface area contributed by atoms with Gasteiger partial charge in [-0.15, -0.1) is 11.3 Å². The number of hydrogen-bond acceptors (Lipinski definition) is 4. The summed E-state index contributed by atoms with van der Waals surface area (Å²) >= 11 is 1.36. The molecular formula is C15H24N2O2S2. The van der Waals surface area contributed by atoms with E-state index < -0.39 is 10.0 Å². The first-order chi connectivity index (χ1) is 10.1. The summed E-state index contributed by atoms with van der Waals surface area (Å²) in [4.78, 5) is 0. The van der Waals surface area contributed by atoms with Crippen molar-refractivity contribution >= 4 is 21.4 Å². The first-order valence-corrected chi connectivity index (χ1v) is 10.2. The molecule has 0 atom stereocenters. The molecular weight excluding hydrogens is 304 g/mol. The van der Waals surface area contributed by atoms with E-state index in [4.69, 9.17) is 0 Å². The molecule has 0 amide bonds. The highest BCUT2D eigenvalue weighted by molar-refractivity contribution is 7.91. The SMILES string of the molecule is CCN(CC1CCC1)S(=O)(=O)c1cc(CNC2CC2)cs1. The van der Waals surface area contributed by atoms with Gasteiger partial charge in [0.05, 0.1) is 0 Å². The van der Waals surface area contributed by atoms with Crippen molar-refractivity contribution in [1.29, 1.82) is 0 Å². The number of thiophene rings is 1. The van der Waals surface area contributed by atoms with Crippen LogP contribution in [0.2, 0.25) is 0 Å². The third-order valence-corrected chi connectivity index (χ3v) is 7.84. The minimum Gasteiger partial charge on any atom is -0.310 e. The van der Waals surface area contributed by atoms with Gasteiger partial charge in [-0.25, -0.2) is 8.42 Å². The molecule has 6 heteroatoms. The first-order valence-electron chi connectivity index (χ1n) is 7.90. The van der Waals surface area contributed by atoms with Crippen LogP contribution in [0.3, 0.4) is 0 Å². The molecule has 4 nitrogen and oxygen atoms in total. The minimum absolute atomic E-state index is 0.497. The van der Waals surface area contributed by atoms with Crippen LogP contribution in [0.1, 0.15) is 44.6 Å². The van der Waals surface area contributed by atoms with Crippen LogP contribution in [-0.2, 0) is 16.6 Å². The topological polar surface area (TPSA) is 49.4 Å². The van der Waals surface area contributed by atoms with Gasteiger partial charge < -0.3 is 5.32 Å². The summed E-state index contributed by atoms with van der Waals surface area (Å²) < 4.78 is 27.6. The van der Waals surface area contributed by atoms with E-state index in [1.165, 1.54) is 43.4 Å². The molecule has 1 aromatic rings. The Kier molecular flexibility index (Phi) is 4.69. The fraction of sp³-hybridized carbons (Fsp3) is 0.733. The average molecular weight is 329 g/mol. The Hall–Kier alpha value is -0.430. The van der Waals surface area contributed by atoms with Gasteiger partial charge in [0.25, 0.3) is 10.0 Å². The molecule has 2 saturated carbocycles. The quantitative estimate of drug-likeness (QED) is 0.798. The van der Waals surface area contributed by atoms with Crippen LogP contribution in [0.15, 0.2) is 15.7 Å². The molecule has 0 aliphatic heterocycles. The first kappa shape index (κ1) is 15.5. The number of nitrogens with zero attached hydrogens (tertiary/aromatic N) is 1. The molecule has 2 aliphatic rings. The van der Waals surface area contributed by atoms with Gasteiger partial charge in [0, 0.05) is 25.7 Å². The summed E-state index contributed by atoms with van der Waals surface area (Å²) in [5, 5.41) is 5.40. The molecule has 0 radical (unpaired) electrons. The molecule has 0 bridgehead atoms. The van der Waals surface area contributed by atoms with Crippen molar-refractivity contribution in [3.8, 4) is 0 Å². The van der Waals surface area contributed by atoms with Gasteiger partial charge in [0.2, 0.25) is 0 Å². The monoisotopic (exact) mass is 328 g/mol. The lowest BCUT2D eigenvalue weighted by molar-refractivity contribution is 0.250. The van der Waals surface area contributed by atoms with Gasteiger partial charge >= 0.3 is 0 Å². The maximum absolute atomic E-state index is 12.7. The molecule has 1 heterocycles. The Balaban J connectivity index is 1.66. The lowest BCUT2D eigenvalue weighted by Crippen LogP contribution is -2.36. The van der Waals surface area contributed by atoms with Crippen LogP contribution in [-0.4, -0.2) is 31.9 Å². The summed E-state index contributed by atoms with van der Waals surface area (Å²) in [6.07, 6.45) is 6.10. The summed E-state index contributed by atoms with van der Waals surface area (Å²) in [7, 11) is -3.30. The van der Waals surface area contributed by atoms with Gasteiger partial charge in [-0.2, -0.15) is 4.31 Å². The van der Waals surface area contributed by atoms with E-state index in [-0.39, 0.29) is 0 Å². The van der Waals surface area contributed by atoms with Gasteiger partial charge in [-0.05, 0) is 48.6 Å². The number of nitrogens with one attached hydrogen (secondary N) is 1. The maximum atomic E-state index is 12.7. The Morgan fingerprint density at radius 3 is 2.67 bits per heavy atom. The Morgan fingerprint density at radius 2 is 2.10 bits per heavy atom. The van der Waals surface area contributed by atoms with E-state index in [0.29, 0.717) is 29.3 Å². The smallest absolute Gasteiger partial charge is 0.252 e. The van der Waals surface area contributed by atoms with E-state index in [2.05, 4.69) is 5.32 Å². The van der Waals surface area contributed by atoms with E-state index in [0.717, 1.165) is 12.1 Å². The standard InChI is InChI=1S/C15H24N2O2S2/c1-2-17(10-12-4-3-5-12)21(18,19)15-8-13(11-20-15)9-16-14-6-7-14/h8,11-12,14,16H,2-7,9-10H2,1H3. The van der Waals surface area contributed by atoms with Crippen molar-refractivity contribution in [2.45, 2.75) is 55.8 Å². The molecule has 0 unspecified atom stereocenters. The van der Waals surface area contributed by atoms with Crippen LogP contribution in [0.4, 0.5) is 0 Å². The maximum Gasteiger partial charge on any atom is 0.252 e. The Bertz CT molecular complexity index is 574. The highest BCUT2D eigenvalue weighted by Crippen LogP contribution is 2.30. The predicted octanol–water partition coefficient (Wildman–Crippen LogP) is 2.81. The number of rotatable bonds is 8. The normalized spacial score (nSPS) is 19.9. The van der Waals surface area contributed by atoms with Crippen molar-refractivity contribution in [2.24, 2.45) is 5.92 Å². The molecule has 3 rings (SSSR count). The van der Waals surface area contributed by atoms with Crippen molar-refractivity contribution in [3.05, 3.63) is 17.0 Å². The largest absolute Gasteiger partial charge is 0.310 e. The molecule has 1 N–H and O–H groups in total. The highest BCUT2D eigenvalue weighted by atomic mass is 32.2. The number of hydrogen-bond donors (Lipinski definition) is 1. The molecule has 2 aliphatic carbocycles. The zero-order chi connectivity index (χ0) is 14.9. The fourth-order valence-electron chi connectivity index (χ4n) is 2.62. The van der Waals surface area contributed by atoms with E-state index in [1.54, 1.807) is 4.31 Å². The van der Waals surface area contributed by atoms with E-state index in [9.17, 15) is 8.42 Å². The van der Waals surface area contributed by atoms with Crippen molar-refractivity contribution in [1.82, 2.24) is 9.62 Å². The second-order valence-corrected chi connectivity index (χ2v) is 9.26. The van der Waals surface area contributed by atoms with Crippen LogP contribution >= 0.6 is 11.3 Å². The third-order valence-electron chi connectivity index (χ3n) is 4.44. The summed E-state index contributed by atoms with van der Waals surface area (Å²) in [5.74, 6) is 0.565. The number of sulfonamides is 1. The highest BCUT2D eigenvalue weighted by Gasteiger charge is 2.29. The van der Waals surface area contributed by atoms with Crippen molar-refractivity contribution in [3.63, 3.8) is 0 Å². The summed E-state index contributed by atoms with van der Waals surface area (Å²) in [5.41, 5.74) is 1.09. The lowest BCUT2D eigenvalue weighted by atomic mass is 9.85. The molecule has 0 aromatic carbocycles. The fourth-order valence-corrected chi connectivity index (χ4v) is 5.51. The molecule has 0 spiro atoms.